The van der Waals surface area contributed by atoms with Crippen LogP contribution in [0.1, 0.15) is 20.3 Å². The average Bonchev–Trinajstić information content (AvgIpc) is 2.39. The first-order chi connectivity index (χ1) is 8.63. The van der Waals surface area contributed by atoms with E-state index in [9.17, 15) is 4.21 Å². The van der Waals surface area contributed by atoms with E-state index in [2.05, 4.69) is 26.5 Å². The molecule has 0 amide bonds. The van der Waals surface area contributed by atoms with Crippen LogP contribution in [0.25, 0.3) is 0 Å². The summed E-state index contributed by atoms with van der Waals surface area (Å²) in [6, 6.07) is 9.58. The minimum atomic E-state index is -0.929. The fourth-order valence-electron chi connectivity index (χ4n) is 1.43. The van der Waals surface area contributed by atoms with Crippen molar-refractivity contribution in [2.75, 3.05) is 5.75 Å². The van der Waals surface area contributed by atoms with Crippen LogP contribution in [-0.2, 0) is 10.8 Å². The Kier molecular flexibility index (Phi) is 6.37. The van der Waals surface area contributed by atoms with Gasteiger partial charge in [-0.25, -0.2) is 0 Å². The van der Waals surface area contributed by atoms with Crippen LogP contribution in [0.4, 0.5) is 0 Å². The predicted molar refractivity (Wildman–Crippen MR) is 80.0 cm³/mol. The van der Waals surface area contributed by atoms with Crippen molar-refractivity contribution >= 4 is 10.8 Å². The number of hydrogen-bond donors (Lipinski definition) is 0. The van der Waals surface area contributed by atoms with Crippen LogP contribution in [0.3, 0.4) is 0 Å². The molecule has 0 saturated carbocycles. The molecule has 0 N–H and O–H groups in total. The molecule has 0 aliphatic carbocycles. The Labute approximate surface area is 112 Å². The summed E-state index contributed by atoms with van der Waals surface area (Å²) in [5.41, 5.74) is 2.37. The third-order valence-electron chi connectivity index (χ3n) is 2.48. The molecule has 0 aliphatic rings. The second-order valence-electron chi connectivity index (χ2n) is 4.30. The van der Waals surface area contributed by atoms with Gasteiger partial charge in [-0.2, -0.15) is 0 Å². The van der Waals surface area contributed by atoms with Crippen LogP contribution in [0, 0.1) is 0 Å². The van der Waals surface area contributed by atoms with E-state index in [0.717, 1.165) is 16.9 Å². The van der Waals surface area contributed by atoms with Crippen molar-refractivity contribution in [2.24, 2.45) is 0 Å². The summed E-state index contributed by atoms with van der Waals surface area (Å²) >= 11 is 0. The van der Waals surface area contributed by atoms with Crippen molar-refractivity contribution < 1.29 is 4.21 Å². The third kappa shape index (κ3) is 5.28. The van der Waals surface area contributed by atoms with Gasteiger partial charge in [-0.15, -0.1) is 0 Å². The van der Waals surface area contributed by atoms with Gasteiger partial charge in [0.15, 0.2) is 0 Å². The van der Waals surface area contributed by atoms with Crippen LogP contribution in [0.15, 0.2) is 71.2 Å². The Hall–Kier alpha value is -1.41. The Morgan fingerprint density at radius 3 is 2.44 bits per heavy atom. The summed E-state index contributed by atoms with van der Waals surface area (Å²) in [6.45, 7) is 7.90. The summed E-state index contributed by atoms with van der Waals surface area (Å²) in [5.74, 6) is 0.637. The Balaban J connectivity index is 2.59. The first kappa shape index (κ1) is 14.7. The summed E-state index contributed by atoms with van der Waals surface area (Å²) < 4.78 is 12.0. The molecule has 0 spiro atoms. The molecule has 0 aromatic heterocycles. The lowest BCUT2D eigenvalue weighted by atomic mass is 10.1. The largest absolute Gasteiger partial charge is 0.254 e. The van der Waals surface area contributed by atoms with Gasteiger partial charge in [-0.3, -0.25) is 4.21 Å². The highest BCUT2D eigenvalue weighted by atomic mass is 32.2. The number of allylic oxidation sites excluding steroid dienone is 5. The zero-order valence-electron chi connectivity index (χ0n) is 11.1. The summed E-state index contributed by atoms with van der Waals surface area (Å²) in [4.78, 5) is 0.892. The van der Waals surface area contributed by atoms with E-state index in [0.29, 0.717) is 5.75 Å². The Bertz CT molecular complexity index is 465. The van der Waals surface area contributed by atoms with Crippen LogP contribution in [0.5, 0.6) is 0 Å². The topological polar surface area (TPSA) is 17.1 Å². The second-order valence-corrected chi connectivity index (χ2v) is 5.87. The molecule has 0 aliphatic heterocycles. The van der Waals surface area contributed by atoms with E-state index in [1.807, 2.05) is 42.5 Å². The molecule has 0 fully saturated rings. The van der Waals surface area contributed by atoms with Gasteiger partial charge in [0.2, 0.25) is 0 Å². The van der Waals surface area contributed by atoms with E-state index >= 15 is 0 Å². The smallest absolute Gasteiger partial charge is 0.0532 e. The molecule has 0 bridgehead atoms. The average molecular weight is 260 g/mol. The molecule has 2 heteroatoms. The summed E-state index contributed by atoms with van der Waals surface area (Å²) in [6.07, 6.45) is 6.73. The van der Waals surface area contributed by atoms with Gasteiger partial charge in [0, 0.05) is 10.6 Å². The molecule has 1 unspecified atom stereocenters. The van der Waals surface area contributed by atoms with E-state index < -0.39 is 10.8 Å². The van der Waals surface area contributed by atoms with E-state index in [4.69, 9.17) is 0 Å². The van der Waals surface area contributed by atoms with Gasteiger partial charge in [0.25, 0.3) is 0 Å². The van der Waals surface area contributed by atoms with E-state index in [-0.39, 0.29) is 0 Å². The first-order valence-corrected chi connectivity index (χ1v) is 7.35. The third-order valence-corrected chi connectivity index (χ3v) is 3.85. The van der Waals surface area contributed by atoms with Crippen LogP contribution >= 0.6 is 0 Å². The zero-order chi connectivity index (χ0) is 13.4. The number of rotatable bonds is 6. The Morgan fingerprint density at radius 1 is 1.22 bits per heavy atom. The zero-order valence-corrected chi connectivity index (χ0v) is 11.9. The monoisotopic (exact) mass is 260 g/mol. The molecule has 0 saturated heterocycles. The van der Waals surface area contributed by atoms with Gasteiger partial charge in [0.05, 0.1) is 10.8 Å². The standard InChI is InChI=1S/C16H20OS/c1-4-15(11-10-14(2)3)12-13-18(17)16-8-6-5-7-9-16/h4-11H,1,12-13H2,2-3H3/b15-11+. The maximum atomic E-state index is 12.0. The van der Waals surface area contributed by atoms with Crippen molar-refractivity contribution in [3.8, 4) is 0 Å². The van der Waals surface area contributed by atoms with Crippen LogP contribution < -0.4 is 0 Å². The minimum absolute atomic E-state index is 0.637. The van der Waals surface area contributed by atoms with Crippen molar-refractivity contribution in [3.63, 3.8) is 0 Å². The molecule has 1 atom stereocenters. The van der Waals surface area contributed by atoms with Crippen molar-refractivity contribution in [1.29, 1.82) is 0 Å². The highest BCUT2D eigenvalue weighted by Gasteiger charge is 2.03. The van der Waals surface area contributed by atoms with E-state index in [1.165, 1.54) is 5.57 Å². The lowest BCUT2D eigenvalue weighted by Gasteiger charge is -2.03. The van der Waals surface area contributed by atoms with Gasteiger partial charge in [-0.1, -0.05) is 48.6 Å². The maximum Gasteiger partial charge on any atom is 0.0532 e. The molecule has 1 nitrogen and oxygen atoms in total. The molecule has 1 rings (SSSR count). The fourth-order valence-corrected chi connectivity index (χ4v) is 2.55. The summed E-state index contributed by atoms with van der Waals surface area (Å²) in [7, 11) is -0.929. The molecule has 0 heterocycles. The molecule has 0 radical (unpaired) electrons. The molecular formula is C16H20OS. The molecule has 18 heavy (non-hydrogen) atoms. The molecule has 1 aromatic rings. The van der Waals surface area contributed by atoms with Gasteiger partial charge < -0.3 is 0 Å². The SMILES string of the molecule is C=C/C(=C\C=C(C)C)CCS(=O)c1ccccc1. The van der Waals surface area contributed by atoms with Crippen molar-refractivity contribution in [1.82, 2.24) is 0 Å². The number of hydrogen-bond acceptors (Lipinski definition) is 1. The fraction of sp³-hybridized carbons (Fsp3) is 0.250. The first-order valence-electron chi connectivity index (χ1n) is 6.03. The molecule has 1 aromatic carbocycles. The second kappa shape index (κ2) is 7.83. The highest BCUT2D eigenvalue weighted by molar-refractivity contribution is 7.85. The molecular weight excluding hydrogens is 240 g/mol. The van der Waals surface area contributed by atoms with Crippen molar-refractivity contribution in [3.05, 3.63) is 66.3 Å². The minimum Gasteiger partial charge on any atom is -0.254 e. The quantitative estimate of drug-likeness (QED) is 0.698. The highest BCUT2D eigenvalue weighted by Crippen LogP contribution is 2.11. The number of benzene rings is 1. The van der Waals surface area contributed by atoms with E-state index in [1.54, 1.807) is 0 Å². The summed E-state index contributed by atoms with van der Waals surface area (Å²) in [5, 5.41) is 0. The van der Waals surface area contributed by atoms with Crippen LogP contribution in [-0.4, -0.2) is 9.96 Å². The lowest BCUT2D eigenvalue weighted by molar-refractivity contribution is 0.682. The van der Waals surface area contributed by atoms with Gasteiger partial charge in [-0.05, 0) is 38.0 Å². The lowest BCUT2D eigenvalue weighted by Crippen LogP contribution is -1.98. The van der Waals surface area contributed by atoms with Gasteiger partial charge >= 0.3 is 0 Å². The normalized spacial score (nSPS) is 12.9. The van der Waals surface area contributed by atoms with Crippen LogP contribution in [0.2, 0.25) is 0 Å². The van der Waals surface area contributed by atoms with Gasteiger partial charge in [0.1, 0.15) is 0 Å². The van der Waals surface area contributed by atoms with Crippen molar-refractivity contribution in [2.45, 2.75) is 25.2 Å². The predicted octanol–water partition coefficient (Wildman–Crippen LogP) is 4.26. The molecule has 96 valence electrons. The maximum absolute atomic E-state index is 12.0. The Morgan fingerprint density at radius 2 is 1.89 bits per heavy atom.